The van der Waals surface area contributed by atoms with Gasteiger partial charge in [0, 0.05) is 6.42 Å². The molecular formula is C23H28O4. The van der Waals surface area contributed by atoms with E-state index in [0.29, 0.717) is 24.3 Å². The minimum Gasteiger partial charge on any atom is -0.466 e. The number of hydrogen-bond acceptors (Lipinski definition) is 4. The number of carbonyl (C=O) groups excluding carboxylic acids is 2. The monoisotopic (exact) mass is 368 g/mol. The van der Waals surface area contributed by atoms with Crippen molar-refractivity contribution < 1.29 is 19.1 Å². The maximum absolute atomic E-state index is 12.2. The molecule has 0 unspecified atom stereocenters. The van der Waals surface area contributed by atoms with Crippen molar-refractivity contribution in [1.82, 2.24) is 0 Å². The molecule has 0 aliphatic carbocycles. The average Bonchev–Trinajstić information content (AvgIpc) is 2.69. The van der Waals surface area contributed by atoms with Crippen molar-refractivity contribution in [1.29, 1.82) is 0 Å². The zero-order valence-corrected chi connectivity index (χ0v) is 16.2. The summed E-state index contributed by atoms with van der Waals surface area (Å²) in [6.45, 7) is 4.31. The molecule has 0 aliphatic rings. The van der Waals surface area contributed by atoms with Crippen LogP contribution >= 0.6 is 0 Å². The van der Waals surface area contributed by atoms with E-state index in [1.165, 1.54) is 5.56 Å². The number of hydrogen-bond donors (Lipinski definition) is 0. The molecule has 0 bridgehead atoms. The Hall–Kier alpha value is -2.62. The number of rotatable bonds is 10. The van der Waals surface area contributed by atoms with Crippen LogP contribution < -0.4 is 4.74 Å². The van der Waals surface area contributed by atoms with E-state index in [-0.39, 0.29) is 11.9 Å². The summed E-state index contributed by atoms with van der Waals surface area (Å²) in [6.07, 6.45) is 5.56. The molecule has 2 rings (SSSR count). The molecular weight excluding hydrogens is 340 g/mol. The van der Waals surface area contributed by atoms with Gasteiger partial charge in [-0.1, -0.05) is 49.6 Å². The second-order valence-corrected chi connectivity index (χ2v) is 6.64. The zero-order chi connectivity index (χ0) is 19.5. The lowest BCUT2D eigenvalue weighted by Gasteiger charge is -2.06. The topological polar surface area (TPSA) is 52.6 Å². The van der Waals surface area contributed by atoms with Gasteiger partial charge in [-0.05, 0) is 56.0 Å². The van der Waals surface area contributed by atoms with Crippen LogP contribution in [0.15, 0.2) is 48.5 Å². The van der Waals surface area contributed by atoms with E-state index >= 15 is 0 Å². The molecule has 0 aromatic heterocycles. The summed E-state index contributed by atoms with van der Waals surface area (Å²) in [5, 5.41) is 0. The van der Waals surface area contributed by atoms with Crippen molar-refractivity contribution in [2.45, 2.75) is 52.4 Å². The first-order valence-corrected chi connectivity index (χ1v) is 9.62. The highest BCUT2D eigenvalue weighted by atomic mass is 16.5. The Kier molecular flexibility index (Phi) is 8.56. The Balaban J connectivity index is 1.68. The van der Waals surface area contributed by atoms with E-state index in [1.807, 2.05) is 43.3 Å². The summed E-state index contributed by atoms with van der Waals surface area (Å²) >= 11 is 0. The van der Waals surface area contributed by atoms with Crippen molar-refractivity contribution in [3.63, 3.8) is 0 Å². The third-order valence-electron chi connectivity index (χ3n) is 4.33. The lowest BCUT2D eigenvalue weighted by molar-refractivity contribution is -0.143. The molecule has 144 valence electrons. The van der Waals surface area contributed by atoms with Crippen molar-refractivity contribution in [3.05, 3.63) is 65.2 Å². The third-order valence-corrected chi connectivity index (χ3v) is 4.33. The van der Waals surface area contributed by atoms with Gasteiger partial charge in [0.1, 0.15) is 5.75 Å². The predicted molar refractivity (Wildman–Crippen MR) is 106 cm³/mol. The molecule has 4 nitrogen and oxygen atoms in total. The van der Waals surface area contributed by atoms with Crippen LogP contribution in [0.5, 0.6) is 5.75 Å². The first kappa shape index (κ1) is 20.7. The molecule has 27 heavy (non-hydrogen) atoms. The van der Waals surface area contributed by atoms with Crippen molar-refractivity contribution in [3.8, 4) is 5.75 Å². The van der Waals surface area contributed by atoms with Crippen LogP contribution in [-0.2, 0) is 16.0 Å². The van der Waals surface area contributed by atoms with E-state index < -0.39 is 0 Å². The van der Waals surface area contributed by atoms with Crippen LogP contribution in [-0.4, -0.2) is 18.5 Å². The number of aryl methyl sites for hydroxylation is 2. The fourth-order valence-corrected chi connectivity index (χ4v) is 2.65. The van der Waals surface area contributed by atoms with Crippen LogP contribution in [0.4, 0.5) is 0 Å². The molecule has 0 spiro atoms. The molecule has 0 amide bonds. The molecule has 0 aliphatic heterocycles. The summed E-state index contributed by atoms with van der Waals surface area (Å²) in [5.41, 5.74) is 2.89. The molecule has 0 fully saturated rings. The molecule has 2 aromatic rings. The molecule has 0 atom stereocenters. The van der Waals surface area contributed by atoms with Gasteiger partial charge in [0.2, 0.25) is 0 Å². The van der Waals surface area contributed by atoms with Gasteiger partial charge in [-0.15, -0.1) is 0 Å². The SMILES string of the molecule is CCC(=O)OCCCCCCc1ccc(C(=O)Oc2ccc(C)cc2)cc1. The number of benzene rings is 2. The summed E-state index contributed by atoms with van der Waals surface area (Å²) < 4.78 is 10.4. The van der Waals surface area contributed by atoms with E-state index in [4.69, 9.17) is 9.47 Å². The highest BCUT2D eigenvalue weighted by Gasteiger charge is 2.08. The zero-order valence-electron chi connectivity index (χ0n) is 16.2. The van der Waals surface area contributed by atoms with E-state index in [0.717, 1.165) is 37.7 Å². The van der Waals surface area contributed by atoms with Crippen LogP contribution in [0.25, 0.3) is 0 Å². The summed E-state index contributed by atoms with van der Waals surface area (Å²) in [6, 6.07) is 15.0. The van der Waals surface area contributed by atoms with E-state index in [9.17, 15) is 9.59 Å². The highest BCUT2D eigenvalue weighted by Crippen LogP contribution is 2.15. The van der Waals surface area contributed by atoms with Gasteiger partial charge in [0.15, 0.2) is 0 Å². The Morgan fingerprint density at radius 3 is 2.19 bits per heavy atom. The molecule has 0 heterocycles. The van der Waals surface area contributed by atoms with Crippen molar-refractivity contribution >= 4 is 11.9 Å². The summed E-state index contributed by atoms with van der Waals surface area (Å²) in [5.74, 6) is 0.0855. The Labute approximate surface area is 161 Å². The van der Waals surface area contributed by atoms with Gasteiger partial charge in [-0.25, -0.2) is 4.79 Å². The van der Waals surface area contributed by atoms with Gasteiger partial charge in [-0.2, -0.15) is 0 Å². The first-order chi connectivity index (χ1) is 13.1. The van der Waals surface area contributed by atoms with Crippen molar-refractivity contribution in [2.75, 3.05) is 6.61 Å². The average molecular weight is 368 g/mol. The fourth-order valence-electron chi connectivity index (χ4n) is 2.65. The molecule has 4 heteroatoms. The lowest BCUT2D eigenvalue weighted by atomic mass is 10.0. The minimum atomic E-state index is -0.341. The normalized spacial score (nSPS) is 10.4. The summed E-state index contributed by atoms with van der Waals surface area (Å²) in [7, 11) is 0. The Morgan fingerprint density at radius 2 is 1.52 bits per heavy atom. The van der Waals surface area contributed by atoms with Crippen LogP contribution in [0.3, 0.4) is 0 Å². The van der Waals surface area contributed by atoms with Crippen LogP contribution in [0.1, 0.15) is 60.5 Å². The van der Waals surface area contributed by atoms with Crippen LogP contribution in [0, 0.1) is 6.92 Å². The molecule has 0 radical (unpaired) electrons. The van der Waals surface area contributed by atoms with Gasteiger partial charge >= 0.3 is 11.9 Å². The number of ether oxygens (including phenoxy) is 2. The largest absolute Gasteiger partial charge is 0.466 e. The molecule has 0 saturated carbocycles. The summed E-state index contributed by atoms with van der Waals surface area (Å²) in [4.78, 5) is 23.2. The smallest absolute Gasteiger partial charge is 0.343 e. The molecule has 0 N–H and O–H groups in total. The fraction of sp³-hybridized carbons (Fsp3) is 0.391. The quantitative estimate of drug-likeness (QED) is 0.326. The molecule has 2 aromatic carbocycles. The maximum atomic E-state index is 12.2. The number of esters is 2. The first-order valence-electron chi connectivity index (χ1n) is 9.62. The van der Waals surface area contributed by atoms with Gasteiger partial charge in [-0.3, -0.25) is 4.79 Å². The standard InChI is InChI=1S/C23H28O4/c1-3-22(24)26-17-7-5-4-6-8-19-11-13-20(14-12-19)23(25)27-21-15-9-18(2)10-16-21/h9-16H,3-8,17H2,1-2H3. The highest BCUT2D eigenvalue weighted by molar-refractivity contribution is 5.91. The maximum Gasteiger partial charge on any atom is 0.343 e. The minimum absolute atomic E-state index is 0.129. The van der Waals surface area contributed by atoms with Crippen molar-refractivity contribution in [2.24, 2.45) is 0 Å². The second-order valence-electron chi connectivity index (χ2n) is 6.64. The van der Waals surface area contributed by atoms with E-state index in [1.54, 1.807) is 19.1 Å². The van der Waals surface area contributed by atoms with E-state index in [2.05, 4.69) is 0 Å². The lowest BCUT2D eigenvalue weighted by Crippen LogP contribution is -2.08. The van der Waals surface area contributed by atoms with Gasteiger partial charge < -0.3 is 9.47 Å². The second kappa shape index (κ2) is 11.2. The number of carbonyl (C=O) groups is 2. The van der Waals surface area contributed by atoms with Gasteiger partial charge in [0.05, 0.1) is 12.2 Å². The Morgan fingerprint density at radius 1 is 0.852 bits per heavy atom. The van der Waals surface area contributed by atoms with Gasteiger partial charge in [0.25, 0.3) is 0 Å². The number of unbranched alkanes of at least 4 members (excludes halogenated alkanes) is 3. The molecule has 0 saturated heterocycles. The Bertz CT molecular complexity index is 717. The predicted octanol–water partition coefficient (Wildman–Crippen LogP) is 5.27. The third kappa shape index (κ3) is 7.65. The van der Waals surface area contributed by atoms with Crippen LogP contribution in [0.2, 0.25) is 0 Å².